The summed E-state index contributed by atoms with van der Waals surface area (Å²) in [5.41, 5.74) is -0.231. The van der Waals surface area contributed by atoms with Crippen LogP contribution in [0.25, 0.3) is 0 Å². The molecule has 1 fully saturated rings. The predicted octanol–water partition coefficient (Wildman–Crippen LogP) is 0.225. The Bertz CT molecular complexity index is 728. The third-order valence-corrected chi connectivity index (χ3v) is 4.40. The molecule has 0 aromatic carbocycles. The minimum absolute atomic E-state index is 0.172. The molecule has 0 radical (unpaired) electrons. The van der Waals surface area contributed by atoms with Crippen molar-refractivity contribution in [2.45, 2.75) is 18.1 Å². The second-order valence-corrected chi connectivity index (χ2v) is 6.16. The number of aromatic nitrogens is 3. The van der Waals surface area contributed by atoms with Crippen molar-refractivity contribution in [3.05, 3.63) is 30.2 Å². The standard InChI is InChI=1S/C14H17N5O3/c1-17(2)13-16-6-10(22-13)12(21)18-7-14(8-18)5-9(20)11-15-3-4-19(11)14/h3-4,6,9,20H,5,7-8H2,1-2H3. The van der Waals surface area contributed by atoms with E-state index in [1.54, 1.807) is 30.1 Å². The Kier molecular flexibility index (Phi) is 2.62. The average Bonchev–Trinajstić information content (AvgIpc) is 3.12. The van der Waals surface area contributed by atoms with Crippen LogP contribution < -0.4 is 4.90 Å². The molecule has 2 aromatic rings. The Balaban J connectivity index is 1.51. The SMILES string of the molecule is CN(C)c1ncc(C(=O)N2CC3(CC(O)c4nccn43)C2)o1. The van der Waals surface area contributed by atoms with E-state index in [0.29, 0.717) is 31.3 Å². The first-order valence-electron chi connectivity index (χ1n) is 7.14. The number of aliphatic hydroxyl groups excluding tert-OH is 1. The molecule has 1 spiro atoms. The normalized spacial score (nSPS) is 21.8. The number of amides is 1. The molecule has 1 saturated heterocycles. The number of carbonyl (C=O) groups is 1. The Labute approximate surface area is 127 Å². The first-order chi connectivity index (χ1) is 10.5. The van der Waals surface area contributed by atoms with Gasteiger partial charge in [0.15, 0.2) is 0 Å². The van der Waals surface area contributed by atoms with Gasteiger partial charge in [0.05, 0.1) is 11.7 Å². The zero-order valence-electron chi connectivity index (χ0n) is 12.4. The van der Waals surface area contributed by atoms with E-state index in [1.807, 2.05) is 10.8 Å². The van der Waals surface area contributed by atoms with Gasteiger partial charge >= 0.3 is 0 Å². The van der Waals surface area contributed by atoms with E-state index in [-0.39, 0.29) is 17.2 Å². The molecule has 22 heavy (non-hydrogen) atoms. The number of oxazole rings is 1. The van der Waals surface area contributed by atoms with Crippen molar-refractivity contribution in [2.75, 3.05) is 32.1 Å². The van der Waals surface area contributed by atoms with E-state index in [2.05, 4.69) is 9.97 Å². The lowest BCUT2D eigenvalue weighted by Gasteiger charge is -2.48. The summed E-state index contributed by atoms with van der Waals surface area (Å²) < 4.78 is 7.44. The monoisotopic (exact) mass is 303 g/mol. The van der Waals surface area contributed by atoms with Crippen LogP contribution >= 0.6 is 0 Å². The minimum Gasteiger partial charge on any atom is -0.418 e. The van der Waals surface area contributed by atoms with E-state index in [4.69, 9.17) is 4.42 Å². The molecule has 4 heterocycles. The molecule has 1 atom stereocenters. The summed E-state index contributed by atoms with van der Waals surface area (Å²) >= 11 is 0. The van der Waals surface area contributed by atoms with E-state index < -0.39 is 6.10 Å². The van der Waals surface area contributed by atoms with Gasteiger partial charge in [0, 0.05) is 46.0 Å². The van der Waals surface area contributed by atoms with Crippen molar-refractivity contribution in [1.82, 2.24) is 19.4 Å². The number of likely N-dealkylation sites (tertiary alicyclic amines) is 1. The molecule has 1 N–H and O–H groups in total. The van der Waals surface area contributed by atoms with Crippen LogP contribution in [0.3, 0.4) is 0 Å². The smallest absolute Gasteiger partial charge is 0.297 e. The molecule has 2 aromatic heterocycles. The van der Waals surface area contributed by atoms with E-state index in [1.165, 1.54) is 6.20 Å². The molecular weight excluding hydrogens is 286 g/mol. The fourth-order valence-corrected chi connectivity index (χ4v) is 3.33. The number of anilines is 1. The molecule has 0 bridgehead atoms. The third kappa shape index (κ3) is 1.70. The molecule has 0 aliphatic carbocycles. The number of hydrogen-bond donors (Lipinski definition) is 1. The van der Waals surface area contributed by atoms with Gasteiger partial charge in [-0.05, 0) is 0 Å². The highest BCUT2D eigenvalue weighted by molar-refractivity contribution is 5.92. The second kappa shape index (κ2) is 4.33. The summed E-state index contributed by atoms with van der Waals surface area (Å²) in [6, 6.07) is 0.409. The summed E-state index contributed by atoms with van der Waals surface area (Å²) in [4.78, 5) is 24.1. The van der Waals surface area contributed by atoms with Gasteiger partial charge in [-0.1, -0.05) is 0 Å². The molecule has 8 nitrogen and oxygen atoms in total. The predicted molar refractivity (Wildman–Crippen MR) is 76.5 cm³/mol. The van der Waals surface area contributed by atoms with Crippen LogP contribution in [0.1, 0.15) is 28.9 Å². The van der Waals surface area contributed by atoms with Gasteiger partial charge in [0.25, 0.3) is 11.9 Å². The maximum atomic E-state index is 12.4. The highest BCUT2D eigenvalue weighted by Gasteiger charge is 2.53. The molecule has 2 aliphatic rings. The van der Waals surface area contributed by atoms with Crippen molar-refractivity contribution >= 4 is 11.9 Å². The number of rotatable bonds is 2. The number of imidazole rings is 1. The molecule has 1 unspecified atom stereocenters. The van der Waals surface area contributed by atoms with Gasteiger partial charge < -0.3 is 23.9 Å². The van der Waals surface area contributed by atoms with Crippen LogP contribution in [0.4, 0.5) is 6.01 Å². The maximum Gasteiger partial charge on any atom is 0.297 e. The summed E-state index contributed by atoms with van der Waals surface area (Å²) in [6.07, 6.45) is 5.04. The van der Waals surface area contributed by atoms with Crippen molar-refractivity contribution < 1.29 is 14.3 Å². The minimum atomic E-state index is -0.558. The highest BCUT2D eigenvalue weighted by atomic mass is 16.4. The van der Waals surface area contributed by atoms with Crippen LogP contribution in [-0.4, -0.2) is 57.6 Å². The van der Waals surface area contributed by atoms with Crippen LogP contribution in [0, 0.1) is 0 Å². The Hall–Kier alpha value is -2.35. The first-order valence-corrected chi connectivity index (χ1v) is 7.14. The lowest BCUT2D eigenvalue weighted by molar-refractivity contribution is 0.00323. The zero-order valence-corrected chi connectivity index (χ0v) is 12.4. The lowest BCUT2D eigenvalue weighted by atomic mass is 9.86. The second-order valence-electron chi connectivity index (χ2n) is 6.16. The van der Waals surface area contributed by atoms with Crippen molar-refractivity contribution in [1.29, 1.82) is 0 Å². The largest absolute Gasteiger partial charge is 0.418 e. The summed E-state index contributed by atoms with van der Waals surface area (Å²) in [5, 5.41) is 10.1. The number of nitrogens with zero attached hydrogens (tertiary/aromatic N) is 5. The lowest BCUT2D eigenvalue weighted by Crippen LogP contribution is -2.62. The van der Waals surface area contributed by atoms with E-state index in [0.717, 1.165) is 0 Å². The number of carbonyl (C=O) groups excluding carboxylic acids is 1. The summed E-state index contributed by atoms with van der Waals surface area (Å²) in [5.74, 6) is 0.749. The summed E-state index contributed by atoms with van der Waals surface area (Å²) in [6.45, 7) is 1.09. The van der Waals surface area contributed by atoms with Gasteiger partial charge in [-0.3, -0.25) is 4.79 Å². The number of aliphatic hydroxyl groups is 1. The Morgan fingerprint density at radius 1 is 1.45 bits per heavy atom. The molecule has 116 valence electrons. The van der Waals surface area contributed by atoms with Crippen LogP contribution in [0.5, 0.6) is 0 Å². The van der Waals surface area contributed by atoms with E-state index >= 15 is 0 Å². The number of fused-ring (bicyclic) bond motifs is 2. The fourth-order valence-electron chi connectivity index (χ4n) is 3.33. The topological polar surface area (TPSA) is 87.6 Å². The quantitative estimate of drug-likeness (QED) is 0.854. The van der Waals surface area contributed by atoms with Crippen molar-refractivity contribution in [2.24, 2.45) is 0 Å². The van der Waals surface area contributed by atoms with Gasteiger partial charge in [0.1, 0.15) is 11.9 Å². The van der Waals surface area contributed by atoms with Gasteiger partial charge in [-0.15, -0.1) is 0 Å². The first kappa shape index (κ1) is 13.3. The maximum absolute atomic E-state index is 12.4. The van der Waals surface area contributed by atoms with Crippen LogP contribution in [0.15, 0.2) is 23.0 Å². The van der Waals surface area contributed by atoms with Gasteiger partial charge in [-0.2, -0.15) is 0 Å². The Morgan fingerprint density at radius 2 is 2.23 bits per heavy atom. The average molecular weight is 303 g/mol. The van der Waals surface area contributed by atoms with E-state index in [9.17, 15) is 9.90 Å². The van der Waals surface area contributed by atoms with Crippen LogP contribution in [-0.2, 0) is 5.54 Å². The highest BCUT2D eigenvalue weighted by Crippen LogP contribution is 2.44. The summed E-state index contributed by atoms with van der Waals surface area (Å²) in [7, 11) is 3.61. The van der Waals surface area contributed by atoms with Crippen LogP contribution in [0.2, 0.25) is 0 Å². The van der Waals surface area contributed by atoms with Crippen molar-refractivity contribution in [3.8, 4) is 0 Å². The molecule has 0 saturated carbocycles. The molecule has 8 heteroatoms. The van der Waals surface area contributed by atoms with Gasteiger partial charge in [-0.25, -0.2) is 9.97 Å². The third-order valence-electron chi connectivity index (χ3n) is 4.40. The zero-order chi connectivity index (χ0) is 15.5. The fraction of sp³-hybridized carbons (Fsp3) is 0.500. The Morgan fingerprint density at radius 3 is 2.91 bits per heavy atom. The number of hydrogen-bond acceptors (Lipinski definition) is 6. The molecule has 4 rings (SSSR count). The van der Waals surface area contributed by atoms with Gasteiger partial charge in [0.2, 0.25) is 5.76 Å². The molecular formula is C14H17N5O3. The molecule has 1 amide bonds. The molecule has 2 aliphatic heterocycles. The van der Waals surface area contributed by atoms with Crippen molar-refractivity contribution in [3.63, 3.8) is 0 Å².